The van der Waals surface area contributed by atoms with Crippen LogP contribution in [-0.2, 0) is 161 Å². The second-order valence-electron chi connectivity index (χ2n) is 25.9. The summed E-state index contributed by atoms with van der Waals surface area (Å²) >= 11 is 0. The van der Waals surface area contributed by atoms with E-state index in [0.717, 1.165) is 20.3 Å². The zero-order chi connectivity index (χ0) is 77.5. The Balaban J connectivity index is 1.11. The number of aliphatic hydroxyl groups excluding tert-OH is 5. The first kappa shape index (κ1) is 86.7. The first-order valence-electron chi connectivity index (χ1n) is 34.3. The van der Waals surface area contributed by atoms with Crippen molar-refractivity contribution < 1.29 is 193 Å². The fourth-order valence-electron chi connectivity index (χ4n) is 15.4. The summed E-state index contributed by atoms with van der Waals surface area (Å²) in [6, 6.07) is 1.70. The molecule has 20 fully saturated rings. The summed E-state index contributed by atoms with van der Waals surface area (Å²) in [7, 11) is 10.3. The molecule has 22 rings (SSSR count). The summed E-state index contributed by atoms with van der Waals surface area (Å²) < 4.78 is 261. The maximum Gasteiger partial charge on any atom is 0.300 e. The monoisotopic (exact) mass is 1590 g/mol. The Kier molecular flexibility index (Phi) is 31.3. The first-order valence-corrected chi connectivity index (χ1v) is 37.1. The zero-order valence-electron chi connectivity index (χ0n) is 62.1. The fraction of sp³-hybridized carbons (Fsp3) is 0.906. The fourth-order valence-corrected chi connectivity index (χ4v) is 17.7. The average molecular weight is 1590 g/mol. The molecule has 0 unspecified atom stereocenters. The quantitative estimate of drug-likeness (QED) is 0.0720. The van der Waals surface area contributed by atoms with Crippen LogP contribution < -0.4 is 9.47 Å². The van der Waals surface area contributed by atoms with Crippen molar-refractivity contribution in [2.75, 3.05) is 160 Å². The highest BCUT2D eigenvalue weighted by Gasteiger charge is 2.62. The molecule has 0 aliphatic carbocycles. The summed E-state index contributed by atoms with van der Waals surface area (Å²) in [5.74, 6) is -0.866. The van der Waals surface area contributed by atoms with Gasteiger partial charge < -0.3 is 168 Å². The van der Waals surface area contributed by atoms with Crippen molar-refractivity contribution in [2.45, 2.75) is 225 Å². The Morgan fingerprint density at radius 3 is 0.645 bits per heavy atom. The minimum absolute atomic E-state index is 0.432. The van der Waals surface area contributed by atoms with Crippen molar-refractivity contribution in [3.05, 3.63) is 12.1 Å². The summed E-state index contributed by atoms with van der Waals surface area (Å²) in [5.41, 5.74) is 0. The summed E-state index contributed by atoms with van der Waals surface area (Å²) in [6.45, 7) is -5.86. The van der Waals surface area contributed by atoms with E-state index in [9.17, 15) is 42.4 Å². The molecule has 21 aliphatic heterocycles. The zero-order valence-corrected chi connectivity index (χ0v) is 63.7. The molecule has 0 saturated carbocycles. The van der Waals surface area contributed by atoms with Crippen molar-refractivity contribution in [1.82, 2.24) is 0 Å². The van der Waals surface area contributed by atoms with Gasteiger partial charge >= 0.3 is 20.2 Å². The van der Waals surface area contributed by atoms with Crippen molar-refractivity contribution >= 4 is 20.2 Å². The van der Waals surface area contributed by atoms with Crippen LogP contribution in [0.25, 0.3) is 0 Å². The topological polar surface area (TPSA) is 465 Å². The van der Waals surface area contributed by atoms with Gasteiger partial charge in [-0.3, -0.25) is 8.37 Å². The van der Waals surface area contributed by atoms with Gasteiger partial charge in [0.15, 0.2) is 44.0 Å². The standard InChI is InChI=1S/C64H104O41S2/c1-74-26-17-27(75-2)36-18-35(26)106(70,71)90-24-33-42-49(81-8)57(89-16)64(98-33)105-43-34(25-91-107(36,72)73)97-63(56(88-15)50(43)82-9)103-41-32(23-69)95-61(54(86-13)48(41)80-7)101-39-30(21-67)93-59(52(84-11)46(39)78-5)99-37-28(19-65)92-58(51(83-10)44(37)76-3)100-38-29(20-66)94-60(53(85-12)45(38)77-4)102-40-31(22-68)96-62(104-42)55(87-14)47(40)79-6/h17-18,28-34,37-69H,19-25H2,1-16H3/t28-,29+,30-,31-,32+,33-,34-,37-,38-,39-,40-,41-,42-,43-,44-,45+,46+,47+,48+,49+,50+,51+,52-,53-,54-,55-,56-,57-,58-,59-,60-,61-,62-,63-,64-/m1/s1. The van der Waals surface area contributed by atoms with Gasteiger partial charge in [-0.25, -0.2) is 0 Å². The van der Waals surface area contributed by atoms with Gasteiger partial charge in [0.25, 0.3) is 0 Å². The number of ether oxygens (including phenoxy) is 30. The van der Waals surface area contributed by atoms with Gasteiger partial charge in [-0.2, -0.15) is 16.8 Å². The van der Waals surface area contributed by atoms with Gasteiger partial charge in [-0.05, 0) is 6.07 Å². The number of aliphatic hydroxyl groups is 5. The SMILES string of the molecule is COc1cc(OC)c2cc1S(=O)(=O)OC[C@H]1O[C@@H]3O[C@H]4[C@H](OC)[C@@H](OC)[C@@H](O[C@H]5[C@H](OC)[C@@H](OC)[C@@H](O[C@H]6[C@@H](OC)[C@H](OC)[C@@H](O[C@H]7[C@H](OC)[C@@H](OC)[C@@H](O[C@H]8[C@H](OC)[C@@H](OC)[C@@H](O[C@H]9[C@H](OC)[C@@H](OC)[C@@H](O[C@H]1[C@H](OC)[C@H]3OC)O[C@@H]9COS2(=O)=O)O[C@@H]8CO)O[C@H]7CO)O[C@@H]6CO)O[C@@H]5CO)O[C@H]4CO. The molecule has 0 spiro atoms. The molecule has 35 atom stereocenters. The smallest absolute Gasteiger partial charge is 0.300 e. The molecule has 18 bridgehead atoms. The Bertz CT molecular complexity index is 3120. The van der Waals surface area contributed by atoms with Gasteiger partial charge in [0.2, 0.25) is 0 Å². The Hall–Kier alpha value is -2.68. The van der Waals surface area contributed by atoms with Crippen LogP contribution in [0.2, 0.25) is 0 Å². The Morgan fingerprint density at radius 1 is 0.271 bits per heavy atom. The molecule has 41 nitrogen and oxygen atoms in total. The number of methoxy groups -OCH3 is 16. The van der Waals surface area contributed by atoms with Gasteiger partial charge in [-0.15, -0.1) is 0 Å². The summed E-state index contributed by atoms with van der Waals surface area (Å²) in [6.07, 6.45) is -49.5. The van der Waals surface area contributed by atoms with Crippen LogP contribution >= 0.6 is 0 Å². The lowest BCUT2D eigenvalue weighted by molar-refractivity contribution is -0.402. The number of hydrogen-bond donors (Lipinski definition) is 5. The highest BCUT2D eigenvalue weighted by molar-refractivity contribution is 7.87. The molecule has 0 radical (unpaired) electrons. The highest BCUT2D eigenvalue weighted by atomic mass is 32.2. The summed E-state index contributed by atoms with van der Waals surface area (Å²) in [4.78, 5) is -1.64. The van der Waals surface area contributed by atoms with Gasteiger partial charge in [0.1, 0.15) is 192 Å². The third-order valence-corrected chi connectivity index (χ3v) is 23.3. The number of benzene rings is 1. The highest BCUT2D eigenvalue weighted by Crippen LogP contribution is 2.45. The van der Waals surface area contributed by atoms with E-state index in [2.05, 4.69) is 0 Å². The lowest BCUT2D eigenvalue weighted by atomic mass is 9.94. The first-order chi connectivity index (χ1) is 51.6. The Labute approximate surface area is 619 Å². The number of rotatable bonds is 21. The lowest BCUT2D eigenvalue weighted by Crippen LogP contribution is -2.69. The molecule has 5 N–H and O–H groups in total. The van der Waals surface area contributed by atoms with E-state index < -0.39 is 303 Å². The molecule has 1 aromatic rings. The molecule has 107 heavy (non-hydrogen) atoms. The third kappa shape index (κ3) is 17.3. The lowest BCUT2D eigenvalue weighted by Gasteiger charge is -2.52. The molecule has 21 aliphatic rings. The van der Waals surface area contributed by atoms with Crippen LogP contribution in [0.3, 0.4) is 0 Å². The molecular formula is C64H104O41S2. The number of fused-ring (bicyclic) bond motifs is 2. The maximum atomic E-state index is 14.8. The van der Waals surface area contributed by atoms with E-state index in [-0.39, 0.29) is 0 Å². The van der Waals surface area contributed by atoms with Crippen molar-refractivity contribution in [3.63, 3.8) is 0 Å². The molecule has 0 amide bonds. The van der Waals surface area contributed by atoms with E-state index in [4.69, 9.17) is 150 Å². The van der Waals surface area contributed by atoms with Crippen molar-refractivity contribution in [2.24, 2.45) is 0 Å². The second kappa shape index (κ2) is 38.6. The predicted molar refractivity (Wildman–Crippen MR) is 347 cm³/mol. The predicted octanol–water partition coefficient (Wildman–Crippen LogP) is -4.92. The molecule has 618 valence electrons. The third-order valence-electron chi connectivity index (χ3n) is 20.7. The minimum atomic E-state index is -5.16. The van der Waals surface area contributed by atoms with Gasteiger partial charge in [0.05, 0.1) is 60.5 Å². The minimum Gasteiger partial charge on any atom is -0.495 e. The maximum absolute atomic E-state index is 14.8. The van der Waals surface area contributed by atoms with E-state index >= 15 is 0 Å². The Morgan fingerprint density at radius 2 is 0.458 bits per heavy atom. The van der Waals surface area contributed by atoms with Crippen LogP contribution in [0, 0.1) is 0 Å². The van der Waals surface area contributed by atoms with E-state index in [1.54, 1.807) is 0 Å². The molecular weight excluding hydrogens is 1490 g/mol. The van der Waals surface area contributed by atoms with Crippen LogP contribution in [0.4, 0.5) is 0 Å². The summed E-state index contributed by atoms with van der Waals surface area (Å²) in [5, 5.41) is 56.4. The molecule has 1 aromatic carbocycles. The number of hydrogen-bond acceptors (Lipinski definition) is 41. The molecule has 21 heterocycles. The van der Waals surface area contributed by atoms with E-state index in [1.165, 1.54) is 99.5 Å². The molecule has 43 heteroatoms. The normalized spacial score (nSPS) is 44.9. The average Bonchev–Trinajstić information content (AvgIpc) is 1.46. The van der Waals surface area contributed by atoms with Gasteiger partial charge in [-0.1, -0.05) is 0 Å². The van der Waals surface area contributed by atoms with E-state index in [0.29, 0.717) is 6.07 Å². The van der Waals surface area contributed by atoms with Crippen LogP contribution in [-0.4, -0.2) is 417 Å². The van der Waals surface area contributed by atoms with Gasteiger partial charge in [0, 0.05) is 106 Å². The van der Waals surface area contributed by atoms with Crippen LogP contribution in [0.1, 0.15) is 0 Å². The van der Waals surface area contributed by atoms with Crippen LogP contribution in [0.5, 0.6) is 11.5 Å². The van der Waals surface area contributed by atoms with E-state index in [1.807, 2.05) is 0 Å². The molecule has 20 saturated heterocycles. The van der Waals surface area contributed by atoms with Crippen LogP contribution in [0.15, 0.2) is 21.9 Å². The second-order valence-corrected chi connectivity index (χ2v) is 29.0. The van der Waals surface area contributed by atoms with Crippen molar-refractivity contribution in [3.8, 4) is 11.5 Å². The van der Waals surface area contributed by atoms with Crippen molar-refractivity contribution in [1.29, 1.82) is 0 Å². The largest absolute Gasteiger partial charge is 0.495 e. The molecule has 0 aromatic heterocycles.